The number of aryl methyl sites for hydroxylation is 1. The number of hydrogen-bond acceptors (Lipinski definition) is 2. The minimum absolute atomic E-state index is 0.311. The van der Waals surface area contributed by atoms with Crippen molar-refractivity contribution in [2.75, 3.05) is 0 Å². The van der Waals surface area contributed by atoms with Crippen molar-refractivity contribution in [2.24, 2.45) is 0 Å². The van der Waals surface area contributed by atoms with Crippen molar-refractivity contribution in [3.05, 3.63) is 28.8 Å². The predicted molar refractivity (Wildman–Crippen MR) is 90.1 cm³/mol. The third-order valence-electron chi connectivity index (χ3n) is 3.39. The monoisotopic (exact) mass is 292 g/mol. The molecule has 0 bridgehead atoms. The molecular weight excluding hydrogens is 260 g/mol. The van der Waals surface area contributed by atoms with E-state index in [2.05, 4.69) is 46.8 Å². The molecule has 1 aromatic carbocycles. The fourth-order valence-electron chi connectivity index (χ4n) is 2.67. The predicted octanol–water partition coefficient (Wildman–Crippen LogP) is 5.99. The molecule has 1 aromatic rings. The molecule has 0 spiro atoms. The van der Waals surface area contributed by atoms with Gasteiger partial charge in [-0.3, -0.25) is 0 Å². The van der Waals surface area contributed by atoms with Crippen LogP contribution in [0.5, 0.6) is 5.75 Å². The number of rotatable bonds is 6. The van der Waals surface area contributed by atoms with Crippen LogP contribution >= 0.6 is 0 Å². The van der Waals surface area contributed by atoms with Crippen molar-refractivity contribution < 1.29 is 9.78 Å². The smallest absolute Gasteiger partial charge is 0.169 e. The first-order valence-electron chi connectivity index (χ1n) is 8.18. The van der Waals surface area contributed by atoms with Gasteiger partial charge in [-0.05, 0) is 56.2 Å². The van der Waals surface area contributed by atoms with Gasteiger partial charge in [0.2, 0.25) is 0 Å². The van der Waals surface area contributed by atoms with Gasteiger partial charge in [-0.2, -0.15) is 4.89 Å². The van der Waals surface area contributed by atoms with Crippen LogP contribution in [0, 0.1) is 0 Å². The van der Waals surface area contributed by atoms with Crippen LogP contribution in [0.3, 0.4) is 0 Å². The van der Waals surface area contributed by atoms with E-state index in [9.17, 15) is 0 Å². The van der Waals surface area contributed by atoms with Crippen LogP contribution < -0.4 is 4.89 Å². The van der Waals surface area contributed by atoms with Gasteiger partial charge in [0, 0.05) is 5.56 Å². The van der Waals surface area contributed by atoms with Crippen LogP contribution in [0.4, 0.5) is 0 Å². The zero-order valence-electron chi connectivity index (χ0n) is 15.0. The van der Waals surface area contributed by atoms with Crippen LogP contribution in [-0.4, -0.2) is 5.60 Å². The summed E-state index contributed by atoms with van der Waals surface area (Å²) in [5.74, 6) is 1.77. The van der Waals surface area contributed by atoms with Gasteiger partial charge in [0.05, 0.1) is 0 Å². The molecule has 0 saturated carbocycles. The van der Waals surface area contributed by atoms with Crippen molar-refractivity contribution in [2.45, 2.75) is 85.7 Å². The topological polar surface area (TPSA) is 18.5 Å². The molecule has 1 rings (SSSR count). The van der Waals surface area contributed by atoms with E-state index in [0.717, 1.165) is 18.6 Å². The molecule has 0 aliphatic carbocycles. The van der Waals surface area contributed by atoms with E-state index >= 15 is 0 Å². The molecule has 0 fully saturated rings. The molecule has 0 amide bonds. The fourth-order valence-corrected chi connectivity index (χ4v) is 2.67. The Morgan fingerprint density at radius 2 is 1.52 bits per heavy atom. The lowest BCUT2D eigenvalue weighted by Gasteiger charge is -2.25. The summed E-state index contributed by atoms with van der Waals surface area (Å²) in [4.78, 5) is 11.2. The second kappa shape index (κ2) is 7.31. The molecule has 2 heteroatoms. The third-order valence-corrected chi connectivity index (χ3v) is 3.39. The molecular formula is C19H32O2. The average molecular weight is 292 g/mol. The Kier molecular flexibility index (Phi) is 6.27. The highest BCUT2D eigenvalue weighted by atomic mass is 17.2. The van der Waals surface area contributed by atoms with Crippen LogP contribution in [0.2, 0.25) is 0 Å². The number of benzene rings is 1. The summed E-state index contributed by atoms with van der Waals surface area (Å²) in [7, 11) is 0. The first kappa shape index (κ1) is 18.0. The van der Waals surface area contributed by atoms with Gasteiger partial charge in [0.15, 0.2) is 5.75 Å². The van der Waals surface area contributed by atoms with E-state index < -0.39 is 0 Å². The largest absolute Gasteiger partial charge is 0.337 e. The van der Waals surface area contributed by atoms with E-state index in [-0.39, 0.29) is 5.60 Å². The van der Waals surface area contributed by atoms with Crippen LogP contribution in [-0.2, 0) is 11.3 Å². The molecule has 0 atom stereocenters. The van der Waals surface area contributed by atoms with Crippen molar-refractivity contribution in [3.63, 3.8) is 0 Å². The summed E-state index contributed by atoms with van der Waals surface area (Å²) >= 11 is 0. The quantitative estimate of drug-likeness (QED) is 0.473. The van der Waals surface area contributed by atoms with Gasteiger partial charge in [-0.15, -0.1) is 0 Å². The lowest BCUT2D eigenvalue weighted by molar-refractivity contribution is -0.275. The van der Waals surface area contributed by atoms with Crippen LogP contribution in [0.25, 0.3) is 0 Å². The summed E-state index contributed by atoms with van der Waals surface area (Å²) in [6, 6.07) is 4.27. The summed E-state index contributed by atoms with van der Waals surface area (Å²) in [5.41, 5.74) is 3.86. The van der Waals surface area contributed by atoms with Gasteiger partial charge >= 0.3 is 0 Å². The average Bonchev–Trinajstić information content (AvgIpc) is 2.35. The van der Waals surface area contributed by atoms with E-state index in [4.69, 9.17) is 9.78 Å². The lowest BCUT2D eigenvalue weighted by atomic mass is 9.85. The van der Waals surface area contributed by atoms with Gasteiger partial charge in [0.1, 0.15) is 5.60 Å². The normalized spacial score (nSPS) is 12.3. The van der Waals surface area contributed by atoms with Crippen molar-refractivity contribution in [3.8, 4) is 5.75 Å². The van der Waals surface area contributed by atoms with Gasteiger partial charge < -0.3 is 4.89 Å². The SMILES string of the molecule is CCCc1ccc(OOC(C)(C)C)c(C(C)C)c1C(C)C. The Morgan fingerprint density at radius 1 is 0.952 bits per heavy atom. The van der Waals surface area contributed by atoms with Crippen molar-refractivity contribution >= 4 is 0 Å². The molecule has 2 nitrogen and oxygen atoms in total. The standard InChI is InChI=1S/C19H32O2/c1-9-10-15-11-12-16(20-21-19(6,7)8)18(14(4)5)17(15)13(2)3/h11-14H,9-10H2,1-8H3. The van der Waals surface area contributed by atoms with Crippen LogP contribution in [0.15, 0.2) is 12.1 Å². The Morgan fingerprint density at radius 3 is 1.95 bits per heavy atom. The molecule has 0 aromatic heterocycles. The summed E-state index contributed by atoms with van der Waals surface area (Å²) in [6.07, 6.45) is 2.28. The zero-order chi connectivity index (χ0) is 16.2. The van der Waals surface area contributed by atoms with Gasteiger partial charge in [0.25, 0.3) is 0 Å². The molecule has 0 heterocycles. The Hall–Kier alpha value is -1.02. The molecule has 0 aliphatic rings. The lowest BCUT2D eigenvalue weighted by Crippen LogP contribution is -2.22. The summed E-state index contributed by atoms with van der Waals surface area (Å²) in [6.45, 7) is 17.2. The second-order valence-corrected chi connectivity index (χ2v) is 7.39. The highest BCUT2D eigenvalue weighted by Gasteiger charge is 2.21. The van der Waals surface area contributed by atoms with E-state index in [0.29, 0.717) is 11.8 Å². The maximum atomic E-state index is 5.69. The minimum Gasteiger partial charge on any atom is -0.337 e. The first-order valence-corrected chi connectivity index (χ1v) is 8.18. The van der Waals surface area contributed by atoms with Gasteiger partial charge in [-0.25, -0.2) is 0 Å². The molecule has 21 heavy (non-hydrogen) atoms. The fraction of sp³-hybridized carbons (Fsp3) is 0.684. The van der Waals surface area contributed by atoms with Crippen molar-refractivity contribution in [1.29, 1.82) is 0 Å². The van der Waals surface area contributed by atoms with Crippen molar-refractivity contribution in [1.82, 2.24) is 0 Å². The summed E-state index contributed by atoms with van der Waals surface area (Å²) < 4.78 is 0. The molecule has 0 N–H and O–H groups in total. The Bertz CT molecular complexity index is 453. The molecule has 120 valence electrons. The molecule has 0 radical (unpaired) electrons. The highest BCUT2D eigenvalue weighted by molar-refractivity contribution is 5.48. The second-order valence-electron chi connectivity index (χ2n) is 7.39. The zero-order valence-corrected chi connectivity index (χ0v) is 15.0. The Labute approximate surface area is 130 Å². The first-order chi connectivity index (χ1) is 9.67. The maximum Gasteiger partial charge on any atom is 0.169 e. The van der Waals surface area contributed by atoms with E-state index in [1.54, 1.807) is 0 Å². The molecule has 0 unspecified atom stereocenters. The summed E-state index contributed by atoms with van der Waals surface area (Å²) in [5, 5.41) is 0. The minimum atomic E-state index is -0.311. The highest BCUT2D eigenvalue weighted by Crippen LogP contribution is 2.37. The van der Waals surface area contributed by atoms with E-state index in [1.807, 2.05) is 20.8 Å². The maximum absolute atomic E-state index is 5.69. The molecule has 0 aliphatic heterocycles. The van der Waals surface area contributed by atoms with Gasteiger partial charge in [-0.1, -0.05) is 47.1 Å². The molecule has 0 saturated heterocycles. The van der Waals surface area contributed by atoms with E-state index in [1.165, 1.54) is 16.7 Å². The van der Waals surface area contributed by atoms with Crippen LogP contribution in [0.1, 0.15) is 90.3 Å². The number of hydrogen-bond donors (Lipinski definition) is 0. The third kappa shape index (κ3) is 5.03. The Balaban J connectivity index is 3.28.